The SMILES string of the molecule is Cc1oc2c(OCC(=O)O)cccc2c1CCS(=O)CCc1ccccc1. The second-order valence-electron chi connectivity index (χ2n) is 6.29. The summed E-state index contributed by atoms with van der Waals surface area (Å²) in [7, 11) is -0.922. The molecule has 0 saturated heterocycles. The molecule has 0 amide bonds. The van der Waals surface area contributed by atoms with Crippen molar-refractivity contribution in [2.75, 3.05) is 18.1 Å². The lowest BCUT2D eigenvalue weighted by Gasteiger charge is -2.04. The Kier molecular flexibility index (Phi) is 6.29. The smallest absolute Gasteiger partial charge is 0.341 e. The van der Waals surface area contributed by atoms with Gasteiger partial charge in [-0.3, -0.25) is 4.21 Å². The Labute approximate surface area is 160 Å². The van der Waals surface area contributed by atoms with Crippen molar-refractivity contribution in [3.05, 3.63) is 65.4 Å². The normalized spacial score (nSPS) is 12.2. The Bertz CT molecular complexity index is 946. The molecule has 1 atom stereocenters. The Morgan fingerprint density at radius 2 is 1.81 bits per heavy atom. The van der Waals surface area contributed by atoms with Crippen molar-refractivity contribution < 1.29 is 23.3 Å². The van der Waals surface area contributed by atoms with Gasteiger partial charge in [0.1, 0.15) is 5.76 Å². The van der Waals surface area contributed by atoms with E-state index in [0.717, 1.165) is 23.1 Å². The van der Waals surface area contributed by atoms with Crippen molar-refractivity contribution in [2.24, 2.45) is 0 Å². The number of hydrogen-bond donors (Lipinski definition) is 1. The van der Waals surface area contributed by atoms with Crippen LogP contribution in [0.2, 0.25) is 0 Å². The molecule has 0 aliphatic carbocycles. The fourth-order valence-corrected chi connectivity index (χ4v) is 4.12. The molecule has 1 N–H and O–H groups in total. The van der Waals surface area contributed by atoms with Crippen LogP contribution in [0.1, 0.15) is 16.9 Å². The number of carboxylic acid groups (broad SMARTS) is 1. The van der Waals surface area contributed by atoms with Gasteiger partial charge in [0.05, 0.1) is 0 Å². The van der Waals surface area contributed by atoms with Gasteiger partial charge in [0.25, 0.3) is 0 Å². The van der Waals surface area contributed by atoms with Crippen LogP contribution in [-0.4, -0.2) is 33.4 Å². The van der Waals surface area contributed by atoms with Gasteiger partial charge in [0.15, 0.2) is 17.9 Å². The molecular formula is C21H22O5S. The van der Waals surface area contributed by atoms with Crippen molar-refractivity contribution in [1.29, 1.82) is 0 Å². The molecule has 0 saturated carbocycles. The highest BCUT2D eigenvalue weighted by Gasteiger charge is 2.16. The van der Waals surface area contributed by atoms with Gasteiger partial charge in [-0.1, -0.05) is 42.5 Å². The fourth-order valence-electron chi connectivity index (χ4n) is 3.02. The average molecular weight is 386 g/mol. The van der Waals surface area contributed by atoms with E-state index >= 15 is 0 Å². The van der Waals surface area contributed by atoms with Crippen molar-refractivity contribution in [3.63, 3.8) is 0 Å². The standard InChI is InChI=1S/C21H22O5S/c1-15-17(11-13-27(24)12-10-16-6-3-2-4-7-16)18-8-5-9-19(21(18)26-15)25-14-20(22)23/h2-9H,10-14H2,1H3,(H,22,23). The van der Waals surface area contributed by atoms with E-state index in [4.69, 9.17) is 14.3 Å². The van der Waals surface area contributed by atoms with Crippen LogP contribution in [0.4, 0.5) is 0 Å². The van der Waals surface area contributed by atoms with Crippen molar-refractivity contribution >= 4 is 27.7 Å². The zero-order valence-electron chi connectivity index (χ0n) is 15.1. The minimum Gasteiger partial charge on any atom is -0.479 e. The quantitative estimate of drug-likeness (QED) is 0.606. The predicted molar refractivity (Wildman–Crippen MR) is 106 cm³/mol. The zero-order chi connectivity index (χ0) is 19.2. The van der Waals surface area contributed by atoms with Crippen LogP contribution >= 0.6 is 0 Å². The third-order valence-corrected chi connectivity index (χ3v) is 5.70. The van der Waals surface area contributed by atoms with E-state index in [1.165, 1.54) is 5.56 Å². The number of ether oxygens (including phenoxy) is 1. The van der Waals surface area contributed by atoms with Crippen LogP contribution in [-0.2, 0) is 28.4 Å². The number of hydrogen-bond acceptors (Lipinski definition) is 4. The van der Waals surface area contributed by atoms with Crippen LogP contribution in [0.25, 0.3) is 11.0 Å². The molecule has 0 bridgehead atoms. The van der Waals surface area contributed by atoms with Gasteiger partial charge >= 0.3 is 5.97 Å². The molecule has 1 aromatic heterocycles. The number of fused-ring (bicyclic) bond motifs is 1. The first-order chi connectivity index (χ1) is 13.0. The monoisotopic (exact) mass is 386 g/mol. The molecule has 0 fully saturated rings. The first kappa shape index (κ1) is 19.2. The molecule has 1 unspecified atom stereocenters. The Hall–Kier alpha value is -2.60. The van der Waals surface area contributed by atoms with Gasteiger partial charge in [0, 0.05) is 33.3 Å². The number of para-hydroxylation sites is 1. The second kappa shape index (κ2) is 8.86. The van der Waals surface area contributed by atoms with E-state index < -0.39 is 23.4 Å². The average Bonchev–Trinajstić information content (AvgIpc) is 2.99. The Morgan fingerprint density at radius 3 is 2.56 bits per heavy atom. The summed E-state index contributed by atoms with van der Waals surface area (Å²) in [6, 6.07) is 15.5. The highest BCUT2D eigenvalue weighted by Crippen LogP contribution is 2.33. The second-order valence-corrected chi connectivity index (χ2v) is 7.98. The van der Waals surface area contributed by atoms with Gasteiger partial charge < -0.3 is 14.3 Å². The summed E-state index contributed by atoms with van der Waals surface area (Å²) in [5.74, 6) is 1.31. The number of rotatable bonds is 9. The van der Waals surface area contributed by atoms with Crippen LogP contribution in [0, 0.1) is 6.92 Å². The predicted octanol–water partition coefficient (Wildman–Crippen LogP) is 3.74. The number of furan rings is 1. The lowest BCUT2D eigenvalue weighted by Crippen LogP contribution is -2.09. The summed E-state index contributed by atoms with van der Waals surface area (Å²) in [6.07, 6.45) is 1.44. The highest BCUT2D eigenvalue weighted by molar-refractivity contribution is 7.84. The Balaban J connectivity index is 1.66. The lowest BCUT2D eigenvalue weighted by atomic mass is 10.1. The van der Waals surface area contributed by atoms with Crippen molar-refractivity contribution in [2.45, 2.75) is 19.8 Å². The molecule has 5 nitrogen and oxygen atoms in total. The maximum Gasteiger partial charge on any atom is 0.341 e. The largest absolute Gasteiger partial charge is 0.479 e. The summed E-state index contributed by atoms with van der Waals surface area (Å²) in [5.41, 5.74) is 2.73. The van der Waals surface area contributed by atoms with Crippen LogP contribution in [0.15, 0.2) is 52.9 Å². The molecule has 0 spiro atoms. The fraction of sp³-hybridized carbons (Fsp3) is 0.286. The Morgan fingerprint density at radius 1 is 1.07 bits per heavy atom. The molecular weight excluding hydrogens is 364 g/mol. The van der Waals surface area contributed by atoms with Gasteiger partial charge in [-0.2, -0.15) is 0 Å². The molecule has 1 heterocycles. The molecule has 3 aromatic rings. The van der Waals surface area contributed by atoms with Gasteiger partial charge in [-0.15, -0.1) is 0 Å². The summed E-state index contributed by atoms with van der Waals surface area (Å²) in [4.78, 5) is 10.7. The van der Waals surface area contributed by atoms with E-state index in [1.807, 2.05) is 49.4 Å². The molecule has 0 radical (unpaired) electrons. The molecule has 0 aliphatic heterocycles. The summed E-state index contributed by atoms with van der Waals surface area (Å²) in [6.45, 7) is 1.45. The minimum absolute atomic E-state index is 0.412. The van der Waals surface area contributed by atoms with Crippen LogP contribution < -0.4 is 4.74 Å². The molecule has 3 rings (SSSR count). The maximum absolute atomic E-state index is 12.4. The number of aliphatic carboxylic acids is 1. The lowest BCUT2D eigenvalue weighted by molar-refractivity contribution is -0.139. The number of carbonyl (C=O) groups is 1. The van der Waals surface area contributed by atoms with E-state index in [0.29, 0.717) is 29.3 Å². The van der Waals surface area contributed by atoms with E-state index in [9.17, 15) is 9.00 Å². The molecule has 27 heavy (non-hydrogen) atoms. The van der Waals surface area contributed by atoms with Gasteiger partial charge in [-0.05, 0) is 31.4 Å². The summed E-state index contributed by atoms with van der Waals surface area (Å²) in [5, 5.41) is 9.68. The van der Waals surface area contributed by atoms with Gasteiger partial charge in [-0.25, -0.2) is 4.79 Å². The molecule has 142 valence electrons. The number of carboxylic acids is 1. The first-order valence-electron chi connectivity index (χ1n) is 8.79. The third kappa shape index (κ3) is 4.98. The van der Waals surface area contributed by atoms with Gasteiger partial charge in [0.2, 0.25) is 0 Å². The zero-order valence-corrected chi connectivity index (χ0v) is 16.0. The molecule has 2 aromatic carbocycles. The highest BCUT2D eigenvalue weighted by atomic mass is 32.2. The maximum atomic E-state index is 12.4. The van der Waals surface area contributed by atoms with Crippen LogP contribution in [0.5, 0.6) is 5.75 Å². The van der Waals surface area contributed by atoms with E-state index in [2.05, 4.69) is 0 Å². The summed E-state index contributed by atoms with van der Waals surface area (Å²) < 4.78 is 23.5. The van der Waals surface area contributed by atoms with Crippen LogP contribution in [0.3, 0.4) is 0 Å². The number of aryl methyl sites for hydroxylation is 3. The molecule has 6 heteroatoms. The molecule has 0 aliphatic rings. The third-order valence-electron chi connectivity index (χ3n) is 4.38. The summed E-state index contributed by atoms with van der Waals surface area (Å²) >= 11 is 0. The first-order valence-corrected chi connectivity index (χ1v) is 10.3. The van der Waals surface area contributed by atoms with E-state index in [1.54, 1.807) is 6.07 Å². The van der Waals surface area contributed by atoms with Crippen molar-refractivity contribution in [1.82, 2.24) is 0 Å². The van der Waals surface area contributed by atoms with Crippen molar-refractivity contribution in [3.8, 4) is 5.75 Å². The minimum atomic E-state index is -1.04. The number of benzene rings is 2. The topological polar surface area (TPSA) is 76.7 Å². The van der Waals surface area contributed by atoms with E-state index in [-0.39, 0.29) is 0 Å².